The number of carbonyl (C=O) groups excluding carboxylic acids is 2. The SMILES string of the molecule is CCCNC(=O)c1ccccc1NC(=O)c1cc(C)ccc1C. The average molecular weight is 310 g/mol. The molecule has 2 amide bonds. The number of aryl methyl sites for hydroxylation is 2. The van der Waals surface area contributed by atoms with Gasteiger partial charge in [-0.05, 0) is 44.0 Å². The fraction of sp³-hybridized carbons (Fsp3) is 0.263. The van der Waals surface area contributed by atoms with Crippen LogP contribution in [0.2, 0.25) is 0 Å². The van der Waals surface area contributed by atoms with Crippen molar-refractivity contribution in [3.05, 3.63) is 64.7 Å². The standard InChI is InChI=1S/C19H22N2O2/c1-4-11-20-18(22)15-7-5-6-8-17(15)21-19(23)16-12-13(2)9-10-14(16)3/h5-10,12H,4,11H2,1-3H3,(H,20,22)(H,21,23). The van der Waals surface area contributed by atoms with E-state index in [4.69, 9.17) is 0 Å². The molecular weight excluding hydrogens is 288 g/mol. The molecule has 0 fully saturated rings. The van der Waals surface area contributed by atoms with Gasteiger partial charge < -0.3 is 10.6 Å². The number of amides is 2. The lowest BCUT2D eigenvalue weighted by atomic mass is 10.0. The van der Waals surface area contributed by atoms with Gasteiger partial charge in [-0.3, -0.25) is 9.59 Å². The molecule has 0 saturated heterocycles. The molecule has 0 bridgehead atoms. The van der Waals surface area contributed by atoms with E-state index in [9.17, 15) is 9.59 Å². The maximum atomic E-state index is 12.5. The minimum Gasteiger partial charge on any atom is -0.352 e. The summed E-state index contributed by atoms with van der Waals surface area (Å²) in [7, 11) is 0. The number of carbonyl (C=O) groups is 2. The number of benzene rings is 2. The average Bonchev–Trinajstić information content (AvgIpc) is 2.55. The van der Waals surface area contributed by atoms with Crippen LogP contribution in [0.3, 0.4) is 0 Å². The Labute approximate surface area is 136 Å². The van der Waals surface area contributed by atoms with Crippen LogP contribution < -0.4 is 10.6 Å². The highest BCUT2D eigenvalue weighted by Gasteiger charge is 2.15. The van der Waals surface area contributed by atoms with Crippen molar-refractivity contribution in [3.63, 3.8) is 0 Å². The largest absolute Gasteiger partial charge is 0.352 e. The molecule has 2 rings (SSSR count). The Morgan fingerprint density at radius 3 is 2.43 bits per heavy atom. The smallest absolute Gasteiger partial charge is 0.255 e. The summed E-state index contributed by atoms with van der Waals surface area (Å²) in [6.07, 6.45) is 0.864. The molecule has 2 N–H and O–H groups in total. The minimum absolute atomic E-state index is 0.177. The first-order valence-electron chi connectivity index (χ1n) is 7.78. The number of nitrogens with one attached hydrogen (secondary N) is 2. The van der Waals surface area contributed by atoms with E-state index in [1.54, 1.807) is 24.3 Å². The predicted octanol–water partition coefficient (Wildman–Crippen LogP) is 3.70. The third-order valence-electron chi connectivity index (χ3n) is 3.59. The van der Waals surface area contributed by atoms with Gasteiger partial charge in [-0.25, -0.2) is 0 Å². The Bertz CT molecular complexity index is 723. The van der Waals surface area contributed by atoms with E-state index in [1.165, 1.54) is 0 Å². The Balaban J connectivity index is 2.24. The van der Waals surface area contributed by atoms with Crippen LogP contribution in [0, 0.1) is 13.8 Å². The summed E-state index contributed by atoms with van der Waals surface area (Å²) in [5, 5.41) is 5.68. The molecule has 0 radical (unpaired) electrons. The van der Waals surface area contributed by atoms with Crippen molar-refractivity contribution in [1.29, 1.82) is 0 Å². The topological polar surface area (TPSA) is 58.2 Å². The zero-order chi connectivity index (χ0) is 16.8. The second-order valence-corrected chi connectivity index (χ2v) is 5.57. The fourth-order valence-corrected chi connectivity index (χ4v) is 2.29. The van der Waals surface area contributed by atoms with Crippen molar-refractivity contribution in [2.75, 3.05) is 11.9 Å². The molecule has 23 heavy (non-hydrogen) atoms. The molecule has 0 aliphatic heterocycles. The van der Waals surface area contributed by atoms with Crippen LogP contribution >= 0.6 is 0 Å². The molecule has 0 heterocycles. The van der Waals surface area contributed by atoms with E-state index in [0.717, 1.165) is 17.5 Å². The number of para-hydroxylation sites is 1. The van der Waals surface area contributed by atoms with E-state index in [1.807, 2.05) is 39.0 Å². The second kappa shape index (κ2) is 7.58. The van der Waals surface area contributed by atoms with Crippen molar-refractivity contribution in [1.82, 2.24) is 5.32 Å². The van der Waals surface area contributed by atoms with Gasteiger partial charge in [-0.2, -0.15) is 0 Å². The summed E-state index contributed by atoms with van der Waals surface area (Å²) in [6.45, 7) is 6.45. The number of hydrogen-bond acceptors (Lipinski definition) is 2. The lowest BCUT2D eigenvalue weighted by molar-refractivity contribution is 0.0954. The maximum absolute atomic E-state index is 12.5. The minimum atomic E-state index is -0.207. The Hall–Kier alpha value is -2.62. The third kappa shape index (κ3) is 4.19. The van der Waals surface area contributed by atoms with Gasteiger partial charge in [0.2, 0.25) is 0 Å². The molecule has 2 aromatic carbocycles. The van der Waals surface area contributed by atoms with Gasteiger partial charge in [-0.15, -0.1) is 0 Å². The lowest BCUT2D eigenvalue weighted by Crippen LogP contribution is -2.26. The third-order valence-corrected chi connectivity index (χ3v) is 3.59. The normalized spacial score (nSPS) is 10.2. The second-order valence-electron chi connectivity index (χ2n) is 5.57. The van der Waals surface area contributed by atoms with Crippen molar-refractivity contribution in [2.24, 2.45) is 0 Å². The lowest BCUT2D eigenvalue weighted by Gasteiger charge is -2.12. The van der Waals surface area contributed by atoms with Gasteiger partial charge in [0.15, 0.2) is 0 Å². The summed E-state index contributed by atoms with van der Waals surface area (Å²) in [4.78, 5) is 24.7. The van der Waals surface area contributed by atoms with Crippen molar-refractivity contribution in [2.45, 2.75) is 27.2 Å². The highest BCUT2D eigenvalue weighted by Crippen LogP contribution is 2.18. The molecule has 0 aliphatic rings. The van der Waals surface area contributed by atoms with Gasteiger partial charge in [-0.1, -0.05) is 36.8 Å². The number of hydrogen-bond donors (Lipinski definition) is 2. The van der Waals surface area contributed by atoms with Crippen molar-refractivity contribution in [3.8, 4) is 0 Å². The molecule has 2 aromatic rings. The van der Waals surface area contributed by atoms with Crippen LogP contribution in [-0.4, -0.2) is 18.4 Å². The van der Waals surface area contributed by atoms with Gasteiger partial charge in [0, 0.05) is 12.1 Å². The van der Waals surface area contributed by atoms with Crippen molar-refractivity contribution >= 4 is 17.5 Å². The summed E-state index contributed by atoms with van der Waals surface area (Å²) in [5.74, 6) is -0.384. The maximum Gasteiger partial charge on any atom is 0.255 e. The first-order chi connectivity index (χ1) is 11.0. The quantitative estimate of drug-likeness (QED) is 0.884. The van der Waals surface area contributed by atoms with Crippen LogP contribution in [0.1, 0.15) is 45.2 Å². The molecule has 120 valence electrons. The van der Waals surface area contributed by atoms with Gasteiger partial charge >= 0.3 is 0 Å². The van der Waals surface area contributed by atoms with E-state index in [0.29, 0.717) is 23.4 Å². The molecule has 4 heteroatoms. The monoisotopic (exact) mass is 310 g/mol. The zero-order valence-electron chi connectivity index (χ0n) is 13.8. The van der Waals surface area contributed by atoms with Gasteiger partial charge in [0.05, 0.1) is 11.3 Å². The van der Waals surface area contributed by atoms with Crippen molar-refractivity contribution < 1.29 is 9.59 Å². The Morgan fingerprint density at radius 1 is 0.957 bits per heavy atom. The molecule has 0 unspecified atom stereocenters. The summed E-state index contributed by atoms with van der Waals surface area (Å²) in [6, 6.07) is 12.8. The van der Waals surface area contributed by atoms with E-state index in [-0.39, 0.29) is 11.8 Å². The van der Waals surface area contributed by atoms with Crippen LogP contribution in [0.25, 0.3) is 0 Å². The number of anilines is 1. The van der Waals surface area contributed by atoms with Crippen LogP contribution in [0.4, 0.5) is 5.69 Å². The highest BCUT2D eigenvalue weighted by molar-refractivity contribution is 6.09. The molecule has 0 aromatic heterocycles. The summed E-state index contributed by atoms with van der Waals surface area (Å²) >= 11 is 0. The van der Waals surface area contributed by atoms with Gasteiger partial charge in [0.25, 0.3) is 11.8 Å². The Kier molecular flexibility index (Phi) is 5.52. The molecule has 0 spiro atoms. The predicted molar refractivity (Wildman–Crippen MR) is 92.9 cm³/mol. The molecule has 0 saturated carbocycles. The van der Waals surface area contributed by atoms with Crippen LogP contribution in [0.5, 0.6) is 0 Å². The van der Waals surface area contributed by atoms with Crippen LogP contribution in [-0.2, 0) is 0 Å². The van der Waals surface area contributed by atoms with E-state index in [2.05, 4.69) is 10.6 Å². The summed E-state index contributed by atoms with van der Waals surface area (Å²) in [5.41, 5.74) is 3.54. The van der Waals surface area contributed by atoms with E-state index < -0.39 is 0 Å². The summed E-state index contributed by atoms with van der Waals surface area (Å²) < 4.78 is 0. The van der Waals surface area contributed by atoms with Gasteiger partial charge in [0.1, 0.15) is 0 Å². The fourth-order valence-electron chi connectivity index (χ4n) is 2.29. The molecule has 0 atom stereocenters. The first kappa shape index (κ1) is 16.7. The molecule has 4 nitrogen and oxygen atoms in total. The highest BCUT2D eigenvalue weighted by atomic mass is 16.2. The number of rotatable bonds is 5. The molecule has 0 aliphatic carbocycles. The first-order valence-corrected chi connectivity index (χ1v) is 7.78. The zero-order valence-corrected chi connectivity index (χ0v) is 13.8. The molecular formula is C19H22N2O2. The van der Waals surface area contributed by atoms with Crippen LogP contribution in [0.15, 0.2) is 42.5 Å². The van der Waals surface area contributed by atoms with E-state index >= 15 is 0 Å². The Morgan fingerprint density at radius 2 is 1.70 bits per heavy atom.